The van der Waals surface area contributed by atoms with Crippen LogP contribution in [0.3, 0.4) is 0 Å². The van der Waals surface area contributed by atoms with Gasteiger partial charge in [-0.1, -0.05) is 11.6 Å². The van der Waals surface area contributed by atoms with Crippen LogP contribution in [0.25, 0.3) is 0 Å². The molecule has 0 bridgehead atoms. The zero-order chi connectivity index (χ0) is 15.6. The Bertz CT molecular complexity index is 576. The first-order valence-corrected chi connectivity index (χ1v) is 7.20. The highest BCUT2D eigenvalue weighted by atomic mass is 35.5. The van der Waals surface area contributed by atoms with Crippen molar-refractivity contribution in [1.29, 1.82) is 0 Å². The van der Waals surface area contributed by atoms with Crippen molar-refractivity contribution >= 4 is 29.2 Å². The first kappa shape index (κ1) is 15.8. The summed E-state index contributed by atoms with van der Waals surface area (Å²) in [7, 11) is 0. The van der Waals surface area contributed by atoms with Crippen molar-refractivity contribution in [2.45, 2.75) is 20.3 Å². The van der Waals surface area contributed by atoms with Gasteiger partial charge in [0, 0.05) is 17.3 Å². The fraction of sp³-hybridized carbons (Fsp3) is 0.467. The van der Waals surface area contributed by atoms with Crippen molar-refractivity contribution < 1.29 is 14.7 Å². The second-order valence-electron chi connectivity index (χ2n) is 5.83. The van der Waals surface area contributed by atoms with E-state index in [4.69, 9.17) is 11.6 Å². The first-order chi connectivity index (χ1) is 9.80. The van der Waals surface area contributed by atoms with Crippen molar-refractivity contribution in [3.05, 3.63) is 28.8 Å². The third-order valence-electron chi connectivity index (χ3n) is 3.90. The summed E-state index contributed by atoms with van der Waals surface area (Å²) >= 11 is 5.88. The monoisotopic (exact) mass is 310 g/mol. The normalized spacial score (nSPS) is 22.2. The SMILES string of the molecule is Cc1cc(Cl)ccc1NC(=O)CN1CCC(C)(C(=O)O)C1. The molecule has 1 fully saturated rings. The molecule has 1 amide bonds. The van der Waals surface area contributed by atoms with E-state index in [0.29, 0.717) is 24.5 Å². The fourth-order valence-electron chi connectivity index (χ4n) is 2.53. The predicted molar refractivity (Wildman–Crippen MR) is 81.6 cm³/mol. The van der Waals surface area contributed by atoms with E-state index in [1.807, 2.05) is 11.8 Å². The number of carbonyl (C=O) groups is 2. The standard InChI is InChI=1S/C15H19ClN2O3/c1-10-7-11(16)3-4-12(10)17-13(19)8-18-6-5-15(2,9-18)14(20)21/h3-4,7H,5-6,8-9H2,1-2H3,(H,17,19)(H,20,21). The molecule has 0 aliphatic carbocycles. The van der Waals surface area contributed by atoms with Crippen LogP contribution in [0.1, 0.15) is 18.9 Å². The van der Waals surface area contributed by atoms with E-state index < -0.39 is 11.4 Å². The van der Waals surface area contributed by atoms with E-state index in [2.05, 4.69) is 5.32 Å². The van der Waals surface area contributed by atoms with Crippen LogP contribution in [0.2, 0.25) is 5.02 Å². The number of amides is 1. The van der Waals surface area contributed by atoms with Gasteiger partial charge in [0.25, 0.3) is 0 Å². The molecule has 0 saturated carbocycles. The highest BCUT2D eigenvalue weighted by Crippen LogP contribution is 2.29. The van der Waals surface area contributed by atoms with Gasteiger partial charge in [0.05, 0.1) is 12.0 Å². The van der Waals surface area contributed by atoms with Crippen molar-refractivity contribution in [2.24, 2.45) is 5.41 Å². The molecular formula is C15H19ClN2O3. The minimum atomic E-state index is -0.807. The number of halogens is 1. The van der Waals surface area contributed by atoms with E-state index in [1.165, 1.54) is 0 Å². The summed E-state index contributed by atoms with van der Waals surface area (Å²) in [4.78, 5) is 25.1. The average Bonchev–Trinajstić information content (AvgIpc) is 2.76. The van der Waals surface area contributed by atoms with Gasteiger partial charge in [-0.25, -0.2) is 0 Å². The summed E-state index contributed by atoms with van der Waals surface area (Å²) in [5, 5.41) is 12.6. The number of likely N-dealkylation sites (tertiary alicyclic amines) is 1. The highest BCUT2D eigenvalue weighted by Gasteiger charge is 2.40. The number of carboxylic acids is 1. The third-order valence-corrected chi connectivity index (χ3v) is 4.13. The summed E-state index contributed by atoms with van der Waals surface area (Å²) in [6.07, 6.45) is 0.565. The Morgan fingerprint density at radius 3 is 2.76 bits per heavy atom. The Balaban J connectivity index is 1.93. The fourth-order valence-corrected chi connectivity index (χ4v) is 2.75. The zero-order valence-electron chi connectivity index (χ0n) is 12.1. The van der Waals surface area contributed by atoms with E-state index in [0.717, 1.165) is 11.3 Å². The molecule has 114 valence electrons. The van der Waals surface area contributed by atoms with Crippen molar-refractivity contribution in [1.82, 2.24) is 4.90 Å². The lowest BCUT2D eigenvalue weighted by Gasteiger charge is -2.19. The lowest BCUT2D eigenvalue weighted by Crippen LogP contribution is -2.35. The minimum Gasteiger partial charge on any atom is -0.481 e. The number of carboxylic acid groups (broad SMARTS) is 1. The molecule has 1 aromatic rings. The molecule has 0 aromatic heterocycles. The number of nitrogens with one attached hydrogen (secondary N) is 1. The third kappa shape index (κ3) is 3.74. The van der Waals surface area contributed by atoms with E-state index in [9.17, 15) is 14.7 Å². The number of benzene rings is 1. The van der Waals surface area contributed by atoms with Crippen LogP contribution < -0.4 is 5.32 Å². The van der Waals surface area contributed by atoms with E-state index in [1.54, 1.807) is 25.1 Å². The minimum absolute atomic E-state index is 0.143. The molecule has 0 spiro atoms. The van der Waals surface area contributed by atoms with Crippen molar-refractivity contribution in [2.75, 3.05) is 25.0 Å². The number of aliphatic carboxylic acids is 1. The molecule has 1 atom stereocenters. The van der Waals surface area contributed by atoms with Crippen LogP contribution >= 0.6 is 11.6 Å². The van der Waals surface area contributed by atoms with Crippen LogP contribution in [0.5, 0.6) is 0 Å². The maximum Gasteiger partial charge on any atom is 0.310 e. The Morgan fingerprint density at radius 1 is 1.48 bits per heavy atom. The molecule has 1 heterocycles. The van der Waals surface area contributed by atoms with Gasteiger partial charge in [0.15, 0.2) is 0 Å². The molecule has 5 nitrogen and oxygen atoms in total. The van der Waals surface area contributed by atoms with Crippen LogP contribution in [-0.2, 0) is 9.59 Å². The predicted octanol–water partition coefficient (Wildman–Crippen LogP) is 2.38. The van der Waals surface area contributed by atoms with Crippen molar-refractivity contribution in [3.63, 3.8) is 0 Å². The summed E-state index contributed by atoms with van der Waals surface area (Å²) < 4.78 is 0. The second-order valence-corrected chi connectivity index (χ2v) is 6.27. The molecule has 1 unspecified atom stereocenters. The number of anilines is 1. The second kappa shape index (κ2) is 6.03. The number of rotatable bonds is 4. The smallest absolute Gasteiger partial charge is 0.310 e. The van der Waals surface area contributed by atoms with Gasteiger partial charge in [-0.2, -0.15) is 0 Å². The molecule has 1 aromatic carbocycles. The summed E-state index contributed by atoms with van der Waals surface area (Å²) in [6, 6.07) is 5.27. The van der Waals surface area contributed by atoms with Crippen molar-refractivity contribution in [3.8, 4) is 0 Å². The topological polar surface area (TPSA) is 69.6 Å². The van der Waals surface area contributed by atoms with E-state index >= 15 is 0 Å². The van der Waals surface area contributed by atoms with Gasteiger partial charge >= 0.3 is 5.97 Å². The lowest BCUT2D eigenvalue weighted by atomic mass is 9.90. The maximum atomic E-state index is 12.1. The number of hydrogen-bond acceptors (Lipinski definition) is 3. The van der Waals surface area contributed by atoms with Crippen LogP contribution in [0.15, 0.2) is 18.2 Å². The van der Waals surface area contributed by atoms with Crippen LogP contribution in [0.4, 0.5) is 5.69 Å². The summed E-state index contributed by atoms with van der Waals surface area (Å²) in [5.74, 6) is -0.950. The van der Waals surface area contributed by atoms with Gasteiger partial charge in [0.1, 0.15) is 0 Å². The Labute approximate surface area is 128 Å². The maximum absolute atomic E-state index is 12.1. The van der Waals surface area contributed by atoms with Crippen LogP contribution in [0, 0.1) is 12.3 Å². The molecule has 21 heavy (non-hydrogen) atoms. The van der Waals surface area contributed by atoms with Crippen LogP contribution in [-0.4, -0.2) is 41.5 Å². The van der Waals surface area contributed by atoms with E-state index in [-0.39, 0.29) is 12.5 Å². The zero-order valence-corrected chi connectivity index (χ0v) is 12.9. The summed E-state index contributed by atoms with van der Waals surface area (Å²) in [5.41, 5.74) is 0.869. The highest BCUT2D eigenvalue weighted by molar-refractivity contribution is 6.30. The van der Waals surface area contributed by atoms with Gasteiger partial charge in [-0.15, -0.1) is 0 Å². The number of carbonyl (C=O) groups excluding carboxylic acids is 1. The number of nitrogens with zero attached hydrogens (tertiary/aromatic N) is 1. The molecule has 1 aliphatic rings. The lowest BCUT2D eigenvalue weighted by molar-refractivity contribution is -0.147. The number of hydrogen-bond donors (Lipinski definition) is 2. The largest absolute Gasteiger partial charge is 0.481 e. The molecule has 1 aliphatic heterocycles. The number of aryl methyl sites for hydroxylation is 1. The first-order valence-electron chi connectivity index (χ1n) is 6.82. The van der Waals surface area contributed by atoms with Gasteiger partial charge < -0.3 is 10.4 Å². The molecule has 2 N–H and O–H groups in total. The molecule has 0 radical (unpaired) electrons. The van der Waals surface area contributed by atoms with Gasteiger partial charge in [0.2, 0.25) is 5.91 Å². The molecule has 6 heteroatoms. The Kier molecular flexibility index (Phi) is 4.54. The average molecular weight is 311 g/mol. The summed E-state index contributed by atoms with van der Waals surface area (Å²) in [6.45, 7) is 4.81. The molecular weight excluding hydrogens is 292 g/mol. The quantitative estimate of drug-likeness (QED) is 0.896. The molecule has 1 saturated heterocycles. The van der Waals surface area contributed by atoms with Gasteiger partial charge in [-0.3, -0.25) is 14.5 Å². The molecule has 2 rings (SSSR count). The van der Waals surface area contributed by atoms with Gasteiger partial charge in [-0.05, 0) is 50.6 Å². The Morgan fingerprint density at radius 2 is 2.19 bits per heavy atom. The Hall–Kier alpha value is -1.59.